The molecule has 0 fully saturated rings. The minimum Gasteiger partial charge on any atom is -0.497 e. The number of methoxy groups -OCH3 is 1. The molecule has 2 aromatic carbocycles. The topological polar surface area (TPSA) is 50.8 Å². The van der Waals surface area contributed by atoms with E-state index in [2.05, 4.69) is 18.5 Å². The van der Waals surface area contributed by atoms with Crippen LogP contribution in [-0.4, -0.2) is 37.0 Å². The average molecular weight is 517 g/mol. The van der Waals surface area contributed by atoms with E-state index >= 15 is 0 Å². The molecule has 0 bridgehead atoms. The highest BCUT2D eigenvalue weighted by atomic mass is 19.4. The highest BCUT2D eigenvalue weighted by Crippen LogP contribution is 2.34. The van der Waals surface area contributed by atoms with Crippen molar-refractivity contribution in [1.29, 1.82) is 0 Å². The van der Waals surface area contributed by atoms with E-state index in [1.807, 2.05) is 32.9 Å². The Morgan fingerprint density at radius 3 is 2.22 bits per heavy atom. The van der Waals surface area contributed by atoms with Crippen LogP contribution < -0.4 is 14.8 Å². The summed E-state index contributed by atoms with van der Waals surface area (Å²) >= 11 is 0. The number of allylic oxidation sites excluding steroid dienone is 1. The fraction of sp³-hybridized carbons (Fsp3) is 0.345. The lowest BCUT2D eigenvalue weighted by molar-refractivity contribution is -0.137. The molecule has 0 saturated carbocycles. The van der Waals surface area contributed by atoms with E-state index in [1.165, 1.54) is 23.1 Å². The fourth-order valence-electron chi connectivity index (χ4n) is 3.52. The molecule has 2 rings (SSSR count). The Morgan fingerprint density at radius 1 is 1.05 bits per heavy atom. The van der Waals surface area contributed by atoms with Gasteiger partial charge in [-0.2, -0.15) is 13.2 Å². The monoisotopic (exact) mass is 516 g/mol. The Hall–Kier alpha value is -3.52. The Bertz CT molecular complexity index is 1130. The normalized spacial score (nSPS) is 12.4. The van der Waals surface area contributed by atoms with Gasteiger partial charge in [0.2, 0.25) is 0 Å². The number of hydrogen-bond acceptors (Lipinski definition) is 4. The highest BCUT2D eigenvalue weighted by molar-refractivity contribution is 5.96. The number of rotatable bonds is 11. The minimum atomic E-state index is -4.49. The number of alkyl halides is 3. The standard InChI is InChI=1S/C29H35F3N2O3/c1-8-24(27(35)34(6)19-20-10-13-23(36-7)14-11-20)25(9-2)37-26-15-12-22(29(30,31)32)18-21(26)16-17-33-28(3,4)5/h8-15,18,33H,1-2,16-17,19H2,3-7H3/b25-24-. The number of nitrogens with one attached hydrogen (secondary N) is 1. The number of amides is 1. The summed E-state index contributed by atoms with van der Waals surface area (Å²) in [6, 6.07) is 10.6. The molecule has 0 aromatic heterocycles. The zero-order chi connectivity index (χ0) is 27.8. The van der Waals surface area contributed by atoms with E-state index in [-0.39, 0.29) is 34.9 Å². The summed E-state index contributed by atoms with van der Waals surface area (Å²) in [7, 11) is 3.21. The molecule has 0 aliphatic carbocycles. The molecule has 0 atom stereocenters. The molecule has 0 saturated heterocycles. The van der Waals surface area contributed by atoms with Crippen LogP contribution in [-0.2, 0) is 23.9 Å². The van der Waals surface area contributed by atoms with Gasteiger partial charge in [0.05, 0.1) is 18.2 Å². The quantitative estimate of drug-likeness (QED) is 0.216. The summed E-state index contributed by atoms with van der Waals surface area (Å²) in [5.41, 5.74) is 0.413. The van der Waals surface area contributed by atoms with Crippen molar-refractivity contribution in [1.82, 2.24) is 10.2 Å². The SMILES string of the molecule is C=C/C(Oc1ccc(C(F)(F)F)cc1CCNC(C)(C)C)=C(\C=C)C(=O)N(C)Cc1ccc(OC)cc1. The third-order valence-electron chi connectivity index (χ3n) is 5.47. The first kappa shape index (κ1) is 29.7. The second kappa shape index (κ2) is 12.6. The van der Waals surface area contributed by atoms with Crippen molar-refractivity contribution in [3.05, 3.63) is 95.8 Å². The second-order valence-corrected chi connectivity index (χ2v) is 9.54. The first-order valence-electron chi connectivity index (χ1n) is 11.8. The minimum absolute atomic E-state index is 0.103. The Kier molecular flexibility index (Phi) is 10.1. The summed E-state index contributed by atoms with van der Waals surface area (Å²) in [6.45, 7) is 14.2. The summed E-state index contributed by atoms with van der Waals surface area (Å²) in [4.78, 5) is 14.7. The molecule has 0 heterocycles. The van der Waals surface area contributed by atoms with Crippen LogP contribution in [0.25, 0.3) is 0 Å². The number of benzene rings is 2. The van der Waals surface area contributed by atoms with Gasteiger partial charge in [-0.3, -0.25) is 4.79 Å². The molecule has 1 N–H and O–H groups in total. The maximum Gasteiger partial charge on any atom is 0.416 e. The lowest BCUT2D eigenvalue weighted by Gasteiger charge is -2.22. The molecule has 0 aliphatic rings. The van der Waals surface area contributed by atoms with Crippen molar-refractivity contribution in [3.63, 3.8) is 0 Å². The van der Waals surface area contributed by atoms with Crippen LogP contribution >= 0.6 is 0 Å². The summed E-state index contributed by atoms with van der Waals surface area (Å²) in [6.07, 6.45) is -1.50. The van der Waals surface area contributed by atoms with Crippen molar-refractivity contribution < 1.29 is 27.4 Å². The van der Waals surface area contributed by atoms with Crippen molar-refractivity contribution >= 4 is 5.91 Å². The van der Waals surface area contributed by atoms with Gasteiger partial charge in [0.25, 0.3) is 5.91 Å². The molecule has 2 aromatic rings. The number of carbonyl (C=O) groups excluding carboxylic acids is 1. The van der Waals surface area contributed by atoms with Crippen molar-refractivity contribution in [3.8, 4) is 11.5 Å². The van der Waals surface area contributed by atoms with Gasteiger partial charge in [-0.05, 0) is 81.3 Å². The predicted octanol–water partition coefficient (Wildman–Crippen LogP) is 6.31. The zero-order valence-electron chi connectivity index (χ0n) is 22.0. The van der Waals surface area contributed by atoms with E-state index < -0.39 is 11.7 Å². The number of likely N-dealkylation sites (N-methyl/N-ethyl adjacent to an activating group) is 1. The average Bonchev–Trinajstić information content (AvgIpc) is 2.83. The maximum atomic E-state index is 13.4. The number of halogens is 3. The van der Waals surface area contributed by atoms with Crippen LogP contribution in [0.15, 0.2) is 79.1 Å². The molecule has 0 spiro atoms. The molecule has 1 amide bonds. The molecule has 8 heteroatoms. The molecule has 37 heavy (non-hydrogen) atoms. The van der Waals surface area contributed by atoms with Crippen LogP contribution in [0.2, 0.25) is 0 Å². The van der Waals surface area contributed by atoms with Gasteiger partial charge in [0, 0.05) is 19.1 Å². The Balaban J connectivity index is 2.35. The number of carbonyl (C=O) groups is 1. The molecule has 0 aliphatic heterocycles. The fourth-order valence-corrected chi connectivity index (χ4v) is 3.52. The summed E-state index contributed by atoms with van der Waals surface area (Å²) in [5.74, 6) is 0.648. The Morgan fingerprint density at radius 2 is 1.70 bits per heavy atom. The van der Waals surface area contributed by atoms with Crippen LogP contribution in [0.3, 0.4) is 0 Å². The Labute approximate surface area is 217 Å². The molecule has 200 valence electrons. The molecular formula is C29H35F3N2O3. The lowest BCUT2D eigenvalue weighted by Crippen LogP contribution is -2.37. The molecule has 0 unspecified atom stereocenters. The van der Waals surface area contributed by atoms with Crippen LogP contribution in [0.4, 0.5) is 13.2 Å². The van der Waals surface area contributed by atoms with Gasteiger partial charge in [-0.15, -0.1) is 0 Å². The summed E-state index contributed by atoms with van der Waals surface area (Å²) < 4.78 is 51.3. The first-order valence-corrected chi connectivity index (χ1v) is 11.8. The van der Waals surface area contributed by atoms with Crippen LogP contribution in [0, 0.1) is 0 Å². The second-order valence-electron chi connectivity index (χ2n) is 9.54. The van der Waals surface area contributed by atoms with E-state index in [0.29, 0.717) is 24.4 Å². The number of nitrogens with zero attached hydrogens (tertiary/aromatic N) is 1. The lowest BCUT2D eigenvalue weighted by atomic mass is 10.0. The van der Waals surface area contributed by atoms with Crippen molar-refractivity contribution in [2.45, 2.75) is 45.5 Å². The highest BCUT2D eigenvalue weighted by Gasteiger charge is 2.31. The van der Waals surface area contributed by atoms with Crippen LogP contribution in [0.5, 0.6) is 11.5 Å². The van der Waals surface area contributed by atoms with Crippen molar-refractivity contribution in [2.75, 3.05) is 20.7 Å². The van der Waals surface area contributed by atoms with Crippen molar-refractivity contribution in [2.24, 2.45) is 0 Å². The van der Waals surface area contributed by atoms with Crippen LogP contribution in [0.1, 0.15) is 37.5 Å². The molecule has 0 radical (unpaired) electrons. The van der Waals surface area contributed by atoms with Gasteiger partial charge < -0.3 is 19.7 Å². The van der Waals surface area contributed by atoms with Gasteiger partial charge in [-0.1, -0.05) is 31.4 Å². The number of hydrogen-bond donors (Lipinski definition) is 1. The third kappa shape index (κ3) is 8.82. The summed E-state index contributed by atoms with van der Waals surface area (Å²) in [5, 5.41) is 3.27. The largest absolute Gasteiger partial charge is 0.497 e. The van der Waals surface area contributed by atoms with Gasteiger partial charge in [0.1, 0.15) is 17.3 Å². The number of ether oxygens (including phenoxy) is 2. The van der Waals surface area contributed by atoms with Gasteiger partial charge >= 0.3 is 6.18 Å². The van der Waals surface area contributed by atoms with E-state index in [1.54, 1.807) is 26.3 Å². The smallest absolute Gasteiger partial charge is 0.416 e. The van der Waals surface area contributed by atoms with E-state index in [9.17, 15) is 18.0 Å². The zero-order valence-corrected chi connectivity index (χ0v) is 22.0. The van der Waals surface area contributed by atoms with E-state index in [4.69, 9.17) is 9.47 Å². The maximum absolute atomic E-state index is 13.4. The predicted molar refractivity (Wildman–Crippen MR) is 140 cm³/mol. The van der Waals surface area contributed by atoms with Gasteiger partial charge in [0.15, 0.2) is 0 Å². The molecular weight excluding hydrogens is 481 g/mol. The van der Waals surface area contributed by atoms with Gasteiger partial charge in [-0.25, -0.2) is 0 Å². The molecule has 5 nitrogen and oxygen atoms in total. The third-order valence-corrected chi connectivity index (χ3v) is 5.47. The first-order chi connectivity index (χ1) is 17.3. The van der Waals surface area contributed by atoms with E-state index in [0.717, 1.165) is 17.7 Å².